The molecule has 2 rings (SSSR count). The Morgan fingerprint density at radius 1 is 1.21 bits per heavy atom. The van der Waals surface area contributed by atoms with Crippen molar-refractivity contribution in [1.29, 1.82) is 0 Å². The van der Waals surface area contributed by atoms with Crippen LogP contribution in [0.3, 0.4) is 0 Å². The van der Waals surface area contributed by atoms with Gasteiger partial charge < -0.3 is 10.3 Å². The van der Waals surface area contributed by atoms with E-state index in [1.54, 1.807) is 0 Å². The van der Waals surface area contributed by atoms with Gasteiger partial charge in [-0.05, 0) is 30.0 Å². The fourth-order valence-electron chi connectivity index (χ4n) is 2.42. The third kappa shape index (κ3) is 2.87. The highest BCUT2D eigenvalue weighted by molar-refractivity contribution is 5.37. The normalized spacial score (nSPS) is 12.9. The first-order chi connectivity index (χ1) is 9.17. The molecule has 2 aromatic rings. The lowest BCUT2D eigenvalue weighted by atomic mass is 9.93. The van der Waals surface area contributed by atoms with E-state index in [4.69, 9.17) is 5.73 Å². The maximum Gasteiger partial charge on any atom is 0.0994 e. The number of hydrogen-bond acceptors (Lipinski definition) is 2. The van der Waals surface area contributed by atoms with Crippen LogP contribution in [0.5, 0.6) is 0 Å². The van der Waals surface area contributed by atoms with E-state index in [1.807, 2.05) is 12.5 Å². The van der Waals surface area contributed by atoms with Gasteiger partial charge in [-0.2, -0.15) is 0 Å². The molecule has 0 aliphatic heterocycles. The van der Waals surface area contributed by atoms with Crippen LogP contribution in [0.25, 0.3) is 5.69 Å². The fraction of sp³-hybridized carbons (Fsp3) is 0.438. The summed E-state index contributed by atoms with van der Waals surface area (Å²) in [5.41, 5.74) is 9.62. The first kappa shape index (κ1) is 13.8. The van der Waals surface area contributed by atoms with Crippen LogP contribution in [0.2, 0.25) is 0 Å². The summed E-state index contributed by atoms with van der Waals surface area (Å²) in [7, 11) is 0. The molecule has 0 amide bonds. The second-order valence-corrected chi connectivity index (χ2v) is 5.29. The number of hydrogen-bond donors (Lipinski definition) is 1. The predicted octanol–water partition coefficient (Wildman–Crippen LogP) is 3.13. The minimum atomic E-state index is 0.341. The van der Waals surface area contributed by atoms with Crippen molar-refractivity contribution in [3.05, 3.63) is 48.0 Å². The van der Waals surface area contributed by atoms with Crippen molar-refractivity contribution in [3.8, 4) is 5.69 Å². The summed E-state index contributed by atoms with van der Waals surface area (Å²) in [4.78, 5) is 4.30. The van der Waals surface area contributed by atoms with Gasteiger partial charge in [-0.1, -0.05) is 32.9 Å². The van der Waals surface area contributed by atoms with Crippen molar-refractivity contribution in [1.82, 2.24) is 9.55 Å². The van der Waals surface area contributed by atoms with Gasteiger partial charge in [0.2, 0.25) is 0 Å². The summed E-state index contributed by atoms with van der Waals surface area (Å²) in [6.45, 7) is 7.22. The van der Waals surface area contributed by atoms with Crippen molar-refractivity contribution < 1.29 is 0 Å². The number of benzene rings is 1. The summed E-state index contributed by atoms with van der Waals surface area (Å²) < 4.78 is 2.15. The molecule has 1 aromatic carbocycles. The van der Waals surface area contributed by atoms with Crippen molar-refractivity contribution in [2.24, 2.45) is 11.7 Å². The van der Waals surface area contributed by atoms with Crippen LogP contribution in [-0.2, 0) is 6.42 Å². The Hall–Kier alpha value is -1.61. The molecule has 0 aliphatic rings. The van der Waals surface area contributed by atoms with Crippen LogP contribution in [0.4, 0.5) is 0 Å². The first-order valence-electron chi connectivity index (χ1n) is 6.99. The third-order valence-corrected chi connectivity index (χ3v) is 3.73. The van der Waals surface area contributed by atoms with Gasteiger partial charge in [0.15, 0.2) is 0 Å². The maximum atomic E-state index is 5.92. The molecule has 3 nitrogen and oxygen atoms in total. The van der Waals surface area contributed by atoms with Gasteiger partial charge >= 0.3 is 0 Å². The highest BCUT2D eigenvalue weighted by Crippen LogP contribution is 2.25. The van der Waals surface area contributed by atoms with Gasteiger partial charge in [0.1, 0.15) is 0 Å². The van der Waals surface area contributed by atoms with Gasteiger partial charge in [0, 0.05) is 30.0 Å². The van der Waals surface area contributed by atoms with Crippen LogP contribution >= 0.6 is 0 Å². The topological polar surface area (TPSA) is 43.8 Å². The molecule has 19 heavy (non-hydrogen) atoms. The number of aryl methyl sites for hydroxylation is 1. The van der Waals surface area contributed by atoms with Crippen molar-refractivity contribution >= 4 is 0 Å². The number of rotatable bonds is 5. The van der Waals surface area contributed by atoms with E-state index in [2.05, 4.69) is 54.6 Å². The SMILES string of the molecule is CCc1ccc(-n2cncc2C(CN)C(C)C)cc1. The summed E-state index contributed by atoms with van der Waals surface area (Å²) in [5, 5.41) is 0. The largest absolute Gasteiger partial charge is 0.330 e. The standard InChI is InChI=1S/C16H23N3/c1-4-13-5-7-14(8-6-13)19-11-18-10-16(19)15(9-17)12(2)3/h5-8,10-12,15H,4,9,17H2,1-3H3. The zero-order chi connectivity index (χ0) is 13.8. The average Bonchev–Trinajstić information content (AvgIpc) is 2.88. The Kier molecular flexibility index (Phi) is 4.38. The van der Waals surface area contributed by atoms with Gasteiger partial charge in [0.05, 0.1) is 6.33 Å². The molecule has 2 N–H and O–H groups in total. The number of imidazole rings is 1. The van der Waals surface area contributed by atoms with Crippen LogP contribution in [-0.4, -0.2) is 16.1 Å². The predicted molar refractivity (Wildman–Crippen MR) is 79.6 cm³/mol. The molecular formula is C16H23N3. The molecule has 1 unspecified atom stereocenters. The molecule has 0 fully saturated rings. The Labute approximate surface area is 115 Å². The second-order valence-electron chi connectivity index (χ2n) is 5.29. The quantitative estimate of drug-likeness (QED) is 0.894. The molecule has 0 aliphatic carbocycles. The fourth-order valence-corrected chi connectivity index (χ4v) is 2.42. The highest BCUT2D eigenvalue weighted by Gasteiger charge is 2.18. The molecule has 0 bridgehead atoms. The van der Waals surface area contributed by atoms with Crippen molar-refractivity contribution in [2.45, 2.75) is 33.1 Å². The van der Waals surface area contributed by atoms with Crippen LogP contribution in [0.15, 0.2) is 36.8 Å². The third-order valence-electron chi connectivity index (χ3n) is 3.73. The molecular weight excluding hydrogens is 234 g/mol. The lowest BCUT2D eigenvalue weighted by molar-refractivity contribution is 0.490. The lowest BCUT2D eigenvalue weighted by Crippen LogP contribution is -2.20. The summed E-state index contributed by atoms with van der Waals surface area (Å²) in [6, 6.07) is 8.65. The summed E-state index contributed by atoms with van der Waals surface area (Å²) >= 11 is 0. The van der Waals surface area contributed by atoms with E-state index in [9.17, 15) is 0 Å². The lowest BCUT2D eigenvalue weighted by Gasteiger charge is -2.20. The van der Waals surface area contributed by atoms with Gasteiger partial charge in [-0.15, -0.1) is 0 Å². The minimum Gasteiger partial charge on any atom is -0.330 e. The molecule has 0 saturated carbocycles. The van der Waals surface area contributed by atoms with E-state index in [0.717, 1.165) is 12.1 Å². The molecule has 0 saturated heterocycles. The van der Waals surface area contributed by atoms with Crippen LogP contribution in [0.1, 0.15) is 37.9 Å². The molecule has 1 atom stereocenters. The van der Waals surface area contributed by atoms with E-state index in [-0.39, 0.29) is 0 Å². The second kappa shape index (κ2) is 6.02. The Morgan fingerprint density at radius 3 is 2.42 bits per heavy atom. The summed E-state index contributed by atoms with van der Waals surface area (Å²) in [6.07, 6.45) is 4.88. The summed E-state index contributed by atoms with van der Waals surface area (Å²) in [5.74, 6) is 0.851. The Morgan fingerprint density at radius 2 is 1.89 bits per heavy atom. The van der Waals surface area contributed by atoms with Crippen molar-refractivity contribution in [3.63, 3.8) is 0 Å². The molecule has 1 aromatic heterocycles. The Bertz CT molecular complexity index is 511. The minimum absolute atomic E-state index is 0.341. The van der Waals surface area contributed by atoms with Gasteiger partial charge in [-0.25, -0.2) is 4.98 Å². The zero-order valence-electron chi connectivity index (χ0n) is 12.0. The van der Waals surface area contributed by atoms with Crippen LogP contribution < -0.4 is 5.73 Å². The molecule has 0 radical (unpaired) electrons. The number of nitrogens with two attached hydrogens (primary N) is 1. The highest BCUT2D eigenvalue weighted by atomic mass is 15.1. The number of aromatic nitrogens is 2. The van der Waals surface area contributed by atoms with Crippen molar-refractivity contribution in [2.75, 3.05) is 6.54 Å². The van der Waals surface area contributed by atoms with E-state index >= 15 is 0 Å². The van der Waals surface area contributed by atoms with E-state index in [0.29, 0.717) is 18.4 Å². The molecule has 0 spiro atoms. The van der Waals surface area contributed by atoms with E-state index in [1.165, 1.54) is 11.3 Å². The molecule has 1 heterocycles. The Balaban J connectivity index is 2.37. The van der Waals surface area contributed by atoms with Gasteiger partial charge in [-0.3, -0.25) is 0 Å². The first-order valence-corrected chi connectivity index (χ1v) is 6.99. The van der Waals surface area contributed by atoms with Crippen LogP contribution in [0, 0.1) is 5.92 Å². The molecule has 3 heteroatoms. The smallest absolute Gasteiger partial charge is 0.0994 e. The molecule has 102 valence electrons. The average molecular weight is 257 g/mol. The monoisotopic (exact) mass is 257 g/mol. The zero-order valence-corrected chi connectivity index (χ0v) is 12.0. The maximum absolute atomic E-state index is 5.92. The number of nitrogens with zero attached hydrogens (tertiary/aromatic N) is 2. The van der Waals surface area contributed by atoms with Gasteiger partial charge in [0.25, 0.3) is 0 Å². The van der Waals surface area contributed by atoms with E-state index < -0.39 is 0 Å².